The van der Waals surface area contributed by atoms with Crippen molar-refractivity contribution in [3.05, 3.63) is 61.7 Å². The van der Waals surface area contributed by atoms with Crippen LogP contribution in [0.4, 0.5) is 11.4 Å². The second-order valence-electron chi connectivity index (χ2n) is 4.56. The highest BCUT2D eigenvalue weighted by Gasteiger charge is 2.14. The predicted octanol–water partition coefficient (Wildman–Crippen LogP) is 5.12. The summed E-state index contributed by atoms with van der Waals surface area (Å²) in [5.74, 6) is 0.262. The zero-order chi connectivity index (χ0) is 15.7. The molecule has 1 heterocycles. The van der Waals surface area contributed by atoms with Crippen molar-refractivity contribution >= 4 is 46.1 Å². The van der Waals surface area contributed by atoms with Gasteiger partial charge in [0.05, 0.1) is 38.5 Å². The van der Waals surface area contributed by atoms with Crippen LogP contribution in [-0.4, -0.2) is 4.37 Å². The zero-order valence-corrected chi connectivity index (χ0v) is 13.7. The van der Waals surface area contributed by atoms with Crippen molar-refractivity contribution in [2.24, 2.45) is 0 Å². The molecule has 0 aliphatic rings. The molecular formula is C15H10Cl2N2O2S. The highest BCUT2D eigenvalue weighted by molar-refractivity contribution is 7.02. The number of aryl methyl sites for hydroxylation is 1. The molecule has 7 heteroatoms. The van der Waals surface area contributed by atoms with Crippen LogP contribution in [0.1, 0.15) is 5.56 Å². The smallest absolute Gasteiger partial charge is 0.394 e. The van der Waals surface area contributed by atoms with Crippen LogP contribution in [0.15, 0.2) is 45.6 Å². The van der Waals surface area contributed by atoms with Crippen LogP contribution < -0.4 is 10.3 Å². The Hall–Kier alpha value is -1.82. The van der Waals surface area contributed by atoms with Gasteiger partial charge in [-0.1, -0.05) is 41.4 Å². The first-order valence-electron chi connectivity index (χ1n) is 6.34. The maximum Gasteiger partial charge on any atom is 0.414 e. The van der Waals surface area contributed by atoms with Gasteiger partial charge in [-0.15, -0.1) is 4.37 Å². The van der Waals surface area contributed by atoms with Crippen LogP contribution >= 0.6 is 34.7 Å². The first-order chi connectivity index (χ1) is 10.6. The number of benzene rings is 2. The second-order valence-corrected chi connectivity index (χ2v) is 6.05. The topological polar surface area (TPSA) is 55.1 Å². The number of para-hydroxylation sites is 1. The number of hydrogen-bond acceptors (Lipinski definition) is 5. The van der Waals surface area contributed by atoms with Crippen LogP contribution in [0.2, 0.25) is 10.0 Å². The molecule has 3 rings (SSSR count). The Morgan fingerprint density at radius 2 is 1.95 bits per heavy atom. The number of hydrogen-bond donors (Lipinski definition) is 1. The SMILES string of the molecule is Cc1ccc(Cl)c(Nc2ccccc2-c2nsc(=O)o2)c1Cl. The molecule has 0 saturated heterocycles. The molecule has 0 spiro atoms. The number of nitrogens with zero attached hydrogens (tertiary/aromatic N) is 1. The minimum absolute atomic E-state index is 0.262. The Morgan fingerprint density at radius 1 is 1.18 bits per heavy atom. The lowest BCUT2D eigenvalue weighted by Gasteiger charge is -2.14. The van der Waals surface area contributed by atoms with E-state index in [1.165, 1.54) is 0 Å². The Balaban J connectivity index is 2.08. The molecule has 0 unspecified atom stereocenters. The van der Waals surface area contributed by atoms with Crippen molar-refractivity contribution in [3.8, 4) is 11.5 Å². The van der Waals surface area contributed by atoms with E-state index in [9.17, 15) is 4.79 Å². The molecule has 1 aromatic heterocycles. The van der Waals surface area contributed by atoms with E-state index >= 15 is 0 Å². The van der Waals surface area contributed by atoms with E-state index in [1.807, 2.05) is 31.2 Å². The van der Waals surface area contributed by atoms with Gasteiger partial charge in [0.25, 0.3) is 0 Å². The van der Waals surface area contributed by atoms with Crippen molar-refractivity contribution in [3.63, 3.8) is 0 Å². The Kier molecular flexibility index (Phi) is 4.20. The van der Waals surface area contributed by atoms with Crippen molar-refractivity contribution in [2.75, 3.05) is 5.32 Å². The average Bonchev–Trinajstić information content (AvgIpc) is 2.94. The summed E-state index contributed by atoms with van der Waals surface area (Å²) in [6, 6.07) is 11.0. The summed E-state index contributed by atoms with van der Waals surface area (Å²) in [6.07, 6.45) is 0. The van der Waals surface area contributed by atoms with Crippen LogP contribution in [-0.2, 0) is 0 Å². The van der Waals surface area contributed by atoms with Gasteiger partial charge in [0.15, 0.2) is 0 Å². The first-order valence-corrected chi connectivity index (χ1v) is 7.87. The van der Waals surface area contributed by atoms with E-state index in [1.54, 1.807) is 12.1 Å². The molecule has 0 atom stereocenters. The van der Waals surface area contributed by atoms with Crippen LogP contribution in [0.3, 0.4) is 0 Å². The van der Waals surface area contributed by atoms with Gasteiger partial charge in [-0.25, -0.2) is 4.79 Å². The number of anilines is 2. The lowest BCUT2D eigenvalue weighted by Crippen LogP contribution is -1.96. The average molecular weight is 353 g/mol. The number of nitrogens with one attached hydrogen (secondary N) is 1. The van der Waals surface area contributed by atoms with Crippen molar-refractivity contribution < 1.29 is 4.42 Å². The van der Waals surface area contributed by atoms with E-state index in [0.717, 1.165) is 17.1 Å². The molecule has 4 nitrogen and oxygen atoms in total. The lowest BCUT2D eigenvalue weighted by molar-refractivity contribution is 0.543. The third kappa shape index (κ3) is 2.88. The van der Waals surface area contributed by atoms with E-state index in [0.29, 0.717) is 27.0 Å². The largest absolute Gasteiger partial charge is 0.414 e. The summed E-state index contributed by atoms with van der Waals surface area (Å²) in [5, 5.41) is 4.24. The summed E-state index contributed by atoms with van der Waals surface area (Å²) in [6.45, 7) is 1.90. The molecule has 2 aromatic carbocycles. The standard InChI is InChI=1S/C15H10Cl2N2O2S/c1-8-6-7-10(16)13(12(8)17)18-11-5-3-2-4-9(11)14-19-22-15(20)21-14/h2-7,18H,1H3. The molecule has 1 N–H and O–H groups in total. The minimum atomic E-state index is -0.448. The molecule has 0 radical (unpaired) electrons. The highest BCUT2D eigenvalue weighted by Crippen LogP contribution is 2.37. The lowest BCUT2D eigenvalue weighted by atomic mass is 10.1. The third-order valence-corrected chi connectivity index (χ3v) is 4.38. The molecule has 3 aromatic rings. The summed E-state index contributed by atoms with van der Waals surface area (Å²) >= 11 is 13.3. The van der Waals surface area contributed by atoms with E-state index < -0.39 is 4.94 Å². The van der Waals surface area contributed by atoms with Gasteiger partial charge >= 0.3 is 4.94 Å². The fraction of sp³-hybridized carbons (Fsp3) is 0.0667. The van der Waals surface area contributed by atoms with Crippen LogP contribution in [0.5, 0.6) is 0 Å². The molecule has 0 aliphatic carbocycles. The first kappa shape index (κ1) is 15.1. The normalized spacial score (nSPS) is 10.7. The van der Waals surface area contributed by atoms with Crippen molar-refractivity contribution in [2.45, 2.75) is 6.92 Å². The Labute approximate surface area is 140 Å². The predicted molar refractivity (Wildman–Crippen MR) is 90.6 cm³/mol. The summed E-state index contributed by atoms with van der Waals surface area (Å²) in [4.78, 5) is 10.8. The maximum atomic E-state index is 11.2. The Morgan fingerprint density at radius 3 is 2.68 bits per heavy atom. The molecule has 0 bridgehead atoms. The molecule has 0 amide bonds. The highest BCUT2D eigenvalue weighted by atomic mass is 35.5. The van der Waals surface area contributed by atoms with Crippen molar-refractivity contribution in [1.29, 1.82) is 0 Å². The van der Waals surface area contributed by atoms with Crippen LogP contribution in [0.25, 0.3) is 11.5 Å². The second kappa shape index (κ2) is 6.12. The van der Waals surface area contributed by atoms with Gasteiger partial charge in [-0.05, 0) is 30.7 Å². The Bertz CT molecular complexity index is 889. The van der Waals surface area contributed by atoms with Gasteiger partial charge in [0, 0.05) is 0 Å². The van der Waals surface area contributed by atoms with Gasteiger partial charge < -0.3 is 9.73 Å². The van der Waals surface area contributed by atoms with Gasteiger partial charge in [0.2, 0.25) is 5.89 Å². The van der Waals surface area contributed by atoms with E-state index in [4.69, 9.17) is 27.6 Å². The van der Waals surface area contributed by atoms with E-state index in [-0.39, 0.29) is 5.89 Å². The maximum absolute atomic E-state index is 11.2. The minimum Gasteiger partial charge on any atom is -0.394 e. The summed E-state index contributed by atoms with van der Waals surface area (Å²) < 4.78 is 9.09. The molecule has 0 fully saturated rings. The number of aromatic nitrogens is 1. The molecule has 22 heavy (non-hydrogen) atoms. The van der Waals surface area contributed by atoms with Gasteiger partial charge in [-0.3, -0.25) is 0 Å². The monoisotopic (exact) mass is 352 g/mol. The zero-order valence-electron chi connectivity index (χ0n) is 11.4. The van der Waals surface area contributed by atoms with E-state index in [2.05, 4.69) is 9.69 Å². The molecule has 112 valence electrons. The number of rotatable bonds is 3. The summed E-state index contributed by atoms with van der Waals surface area (Å²) in [7, 11) is 0. The quantitative estimate of drug-likeness (QED) is 0.710. The number of halogens is 2. The molecule has 0 saturated carbocycles. The fourth-order valence-electron chi connectivity index (χ4n) is 1.98. The van der Waals surface area contributed by atoms with Crippen molar-refractivity contribution in [1.82, 2.24) is 4.37 Å². The fourth-order valence-corrected chi connectivity index (χ4v) is 2.86. The van der Waals surface area contributed by atoms with Gasteiger partial charge in [-0.2, -0.15) is 0 Å². The van der Waals surface area contributed by atoms with Crippen LogP contribution in [0, 0.1) is 6.92 Å². The van der Waals surface area contributed by atoms with Gasteiger partial charge in [0.1, 0.15) is 0 Å². The molecule has 0 aliphatic heterocycles. The molecular weight excluding hydrogens is 343 g/mol. The summed E-state index contributed by atoms with van der Waals surface area (Å²) in [5.41, 5.74) is 2.88. The third-order valence-electron chi connectivity index (χ3n) is 3.08.